The first-order chi connectivity index (χ1) is 9.52. The number of halogens is 4. The fourth-order valence-electron chi connectivity index (χ4n) is 1.13. The van der Waals surface area contributed by atoms with Gasteiger partial charge in [-0.2, -0.15) is 0 Å². The third kappa shape index (κ3) is 16.4. The zero-order valence-corrected chi connectivity index (χ0v) is 14.8. The Labute approximate surface area is 141 Å². The van der Waals surface area contributed by atoms with E-state index in [1.54, 1.807) is 12.2 Å². The maximum Gasteiger partial charge on any atom is 0.804 e. The Kier molecular flexibility index (Phi) is 14.5. The molecule has 3 nitrogen and oxygen atoms in total. The second-order valence-electron chi connectivity index (χ2n) is 3.82. The maximum absolute atomic E-state index is 11.2. The highest BCUT2D eigenvalue weighted by atomic mass is 35.5. The van der Waals surface area contributed by atoms with Crippen LogP contribution in [0.15, 0.2) is 24.7 Å². The van der Waals surface area contributed by atoms with E-state index in [0.29, 0.717) is 12.8 Å². The Hall–Kier alpha value is 0.340. The Bertz CT molecular complexity index is 281. The predicted molar refractivity (Wildman–Crippen MR) is 86.7 cm³/mol. The minimum Gasteiger partial charge on any atom is -0.231 e. The van der Waals surface area contributed by atoms with E-state index in [2.05, 4.69) is 0 Å². The third-order valence-corrected chi connectivity index (χ3v) is 3.53. The van der Waals surface area contributed by atoms with Gasteiger partial charge in [0.1, 0.15) is 9.67 Å². The van der Waals surface area contributed by atoms with Gasteiger partial charge in [0, 0.05) is 4.57 Å². The van der Waals surface area contributed by atoms with Crippen LogP contribution in [-0.4, -0.2) is 9.67 Å². The molecule has 0 unspecified atom stereocenters. The second kappa shape index (κ2) is 14.3. The van der Waals surface area contributed by atoms with Crippen molar-refractivity contribution >= 4 is 54.7 Å². The molecule has 0 N–H and O–H groups in total. The summed E-state index contributed by atoms with van der Waals surface area (Å²) in [6.07, 6.45) is 10.8. The van der Waals surface area contributed by atoms with E-state index in [4.69, 9.17) is 55.5 Å². The highest BCUT2D eigenvalue weighted by Crippen LogP contribution is 2.24. The van der Waals surface area contributed by atoms with Crippen LogP contribution in [0.2, 0.25) is 0 Å². The van der Waals surface area contributed by atoms with E-state index < -0.39 is 8.25 Å². The predicted octanol–water partition coefficient (Wildman–Crippen LogP) is 6.65. The summed E-state index contributed by atoms with van der Waals surface area (Å²) < 4.78 is 20.9. The summed E-state index contributed by atoms with van der Waals surface area (Å²) in [5.74, 6) is 0. The average Bonchev–Trinajstić information content (AvgIpc) is 2.37. The number of hydrogen-bond acceptors (Lipinski definition) is 3. The lowest BCUT2D eigenvalue weighted by molar-refractivity contribution is 0.354. The summed E-state index contributed by atoms with van der Waals surface area (Å²) in [4.78, 5) is -0.690. The molecule has 0 saturated carbocycles. The van der Waals surface area contributed by atoms with Crippen molar-refractivity contribution in [2.45, 2.75) is 48.2 Å². The van der Waals surface area contributed by atoms with Crippen molar-refractivity contribution < 1.29 is 13.6 Å². The minimum absolute atomic E-state index is 0.345. The second-order valence-corrected chi connectivity index (χ2v) is 7.24. The molecule has 0 aromatic heterocycles. The summed E-state index contributed by atoms with van der Waals surface area (Å²) in [6.45, 7) is 0. The molecule has 0 aromatic carbocycles. The topological polar surface area (TPSA) is 35.5 Å². The zero-order chi connectivity index (χ0) is 15.2. The molecular weight excluding hydrogens is 365 g/mol. The average molecular weight is 383 g/mol. The van der Waals surface area contributed by atoms with Crippen LogP contribution in [0.25, 0.3) is 0 Å². The number of unbranched alkanes of at least 4 members (excludes halogenated alkanes) is 2. The summed E-state index contributed by atoms with van der Waals surface area (Å²) in [6, 6.07) is 0. The van der Waals surface area contributed by atoms with Gasteiger partial charge in [-0.05, 0) is 50.7 Å². The molecule has 0 rings (SSSR count). The van der Waals surface area contributed by atoms with Crippen LogP contribution in [0.1, 0.15) is 38.5 Å². The van der Waals surface area contributed by atoms with E-state index in [0.717, 1.165) is 25.7 Å². The first-order valence-corrected chi connectivity index (χ1v) is 9.03. The molecule has 0 aromatic rings. The smallest absolute Gasteiger partial charge is 0.231 e. The van der Waals surface area contributed by atoms with Crippen molar-refractivity contribution in [3.05, 3.63) is 24.7 Å². The molecule has 0 radical (unpaired) electrons. The van der Waals surface area contributed by atoms with Gasteiger partial charge in [0.2, 0.25) is 0 Å². The lowest BCUT2D eigenvalue weighted by Crippen LogP contribution is -1.84. The van der Waals surface area contributed by atoms with Gasteiger partial charge >= 0.3 is 8.25 Å². The molecule has 0 aliphatic carbocycles. The number of rotatable bonds is 12. The van der Waals surface area contributed by atoms with Crippen molar-refractivity contribution in [2.24, 2.45) is 0 Å². The van der Waals surface area contributed by atoms with Crippen molar-refractivity contribution in [3.63, 3.8) is 0 Å². The highest BCUT2D eigenvalue weighted by Gasteiger charge is 2.16. The molecule has 20 heavy (non-hydrogen) atoms. The van der Waals surface area contributed by atoms with Crippen molar-refractivity contribution in [1.29, 1.82) is 0 Å². The van der Waals surface area contributed by atoms with Crippen LogP contribution in [0, 0.1) is 0 Å². The fourth-order valence-corrected chi connectivity index (χ4v) is 2.16. The molecule has 116 valence electrons. The van der Waals surface area contributed by atoms with Crippen molar-refractivity contribution in [3.8, 4) is 0 Å². The molecule has 0 heterocycles. The van der Waals surface area contributed by atoms with Crippen LogP contribution in [-0.2, 0) is 13.6 Å². The van der Waals surface area contributed by atoms with Crippen LogP contribution >= 0.6 is 54.7 Å². The zero-order valence-electron chi connectivity index (χ0n) is 10.9. The van der Waals surface area contributed by atoms with Gasteiger partial charge in [0.25, 0.3) is 0 Å². The number of allylic oxidation sites excluding steroid dienone is 2. The molecule has 0 atom stereocenters. The van der Waals surface area contributed by atoms with Gasteiger partial charge in [-0.3, -0.25) is 0 Å². The van der Waals surface area contributed by atoms with Gasteiger partial charge in [-0.25, -0.2) is 9.05 Å². The van der Waals surface area contributed by atoms with Crippen molar-refractivity contribution in [1.82, 2.24) is 0 Å². The summed E-state index contributed by atoms with van der Waals surface area (Å²) >= 11 is 22.3. The molecule has 0 bridgehead atoms. The summed E-state index contributed by atoms with van der Waals surface area (Å²) in [7, 11) is -2.18. The first-order valence-electron chi connectivity index (χ1n) is 6.19. The van der Waals surface area contributed by atoms with Gasteiger partial charge < -0.3 is 0 Å². The molecule has 0 aliphatic heterocycles. The van der Waals surface area contributed by atoms with Gasteiger partial charge in [-0.15, -0.1) is 46.4 Å². The minimum atomic E-state index is -2.18. The largest absolute Gasteiger partial charge is 0.804 e. The highest BCUT2D eigenvalue weighted by molar-refractivity contribution is 7.33. The molecule has 0 spiro atoms. The van der Waals surface area contributed by atoms with E-state index in [9.17, 15) is 4.57 Å². The van der Waals surface area contributed by atoms with Gasteiger partial charge in [-0.1, -0.05) is 0 Å². The molecule has 0 saturated heterocycles. The van der Waals surface area contributed by atoms with E-state index >= 15 is 0 Å². The lowest BCUT2D eigenvalue weighted by Gasteiger charge is -1.95. The van der Waals surface area contributed by atoms with Crippen LogP contribution < -0.4 is 0 Å². The van der Waals surface area contributed by atoms with Gasteiger partial charge in [0.05, 0.1) is 0 Å². The van der Waals surface area contributed by atoms with E-state index in [1.807, 2.05) is 0 Å². The van der Waals surface area contributed by atoms with E-state index in [1.165, 1.54) is 12.5 Å². The molecule has 0 amide bonds. The molecule has 0 fully saturated rings. The van der Waals surface area contributed by atoms with Crippen LogP contribution in [0.4, 0.5) is 0 Å². The SMILES string of the molecule is O=[P+](OC=CCCCC(Cl)Cl)OC=CCCCC(Cl)Cl. The third-order valence-electron chi connectivity index (χ3n) is 2.07. The number of hydrogen-bond donors (Lipinski definition) is 0. The lowest BCUT2D eigenvalue weighted by atomic mass is 10.2. The first kappa shape index (κ1) is 20.3. The van der Waals surface area contributed by atoms with Crippen molar-refractivity contribution in [2.75, 3.05) is 0 Å². The standard InChI is InChI=1S/C12H18Cl4O3P/c13-11(14)7-3-1-5-9-18-20(17)19-10-6-2-4-8-12(15)16/h5-6,9-12H,1-4,7-8H2/q+1. The Balaban J connectivity index is 3.49. The maximum atomic E-state index is 11.2. The normalized spacial score (nSPS) is 12.8. The monoisotopic (exact) mass is 381 g/mol. The fraction of sp³-hybridized carbons (Fsp3) is 0.667. The Morgan fingerprint density at radius 1 is 0.850 bits per heavy atom. The van der Waals surface area contributed by atoms with Gasteiger partial charge in [0.15, 0.2) is 12.5 Å². The quantitative estimate of drug-likeness (QED) is 0.164. The molecule has 0 aliphatic rings. The molecule has 8 heteroatoms. The Morgan fingerprint density at radius 2 is 1.25 bits per heavy atom. The number of alkyl halides is 4. The summed E-state index contributed by atoms with van der Waals surface area (Å²) in [5.41, 5.74) is 0. The van der Waals surface area contributed by atoms with E-state index in [-0.39, 0.29) is 9.67 Å². The summed E-state index contributed by atoms with van der Waals surface area (Å²) in [5, 5.41) is 0. The van der Waals surface area contributed by atoms with Crippen LogP contribution in [0.3, 0.4) is 0 Å². The molecular formula is C12H18Cl4O3P+. The Morgan fingerprint density at radius 3 is 1.60 bits per heavy atom. The van der Waals surface area contributed by atoms with Crippen LogP contribution in [0.5, 0.6) is 0 Å².